The first kappa shape index (κ1) is 19.9. The fourth-order valence-electron chi connectivity index (χ4n) is 3.69. The molecule has 150 valence electrons. The Hall–Kier alpha value is -2.83. The van der Waals surface area contributed by atoms with Crippen LogP contribution in [0.4, 0.5) is 16.2 Å². The second-order valence-electron chi connectivity index (χ2n) is 8.06. The maximum Gasteiger partial charge on any atom is 0.319 e. The topological polar surface area (TPSA) is 79.3 Å². The van der Waals surface area contributed by atoms with E-state index in [9.17, 15) is 9.59 Å². The van der Waals surface area contributed by atoms with Crippen molar-refractivity contribution >= 4 is 23.3 Å². The highest BCUT2D eigenvalue weighted by molar-refractivity contribution is 6.02. The Kier molecular flexibility index (Phi) is 5.72. The number of nitrogens with one attached hydrogen (secondary N) is 2. The van der Waals surface area contributed by atoms with Gasteiger partial charge in [-0.15, -0.1) is 0 Å². The predicted molar refractivity (Wildman–Crippen MR) is 111 cm³/mol. The Labute approximate surface area is 166 Å². The third kappa shape index (κ3) is 4.03. The second kappa shape index (κ2) is 8.04. The van der Waals surface area contributed by atoms with Gasteiger partial charge in [0.15, 0.2) is 0 Å². The minimum atomic E-state index is -0.590. The lowest BCUT2D eigenvalue weighted by Crippen LogP contribution is -2.52. The molecular weight excluding hydrogens is 354 g/mol. The molecule has 2 heterocycles. The number of hydrogen-bond acceptors (Lipinski definition) is 3. The number of carbonyl (C=O) groups excluding carboxylic acids is 2. The van der Waals surface area contributed by atoms with Crippen LogP contribution in [0.25, 0.3) is 0 Å². The van der Waals surface area contributed by atoms with Gasteiger partial charge in [0, 0.05) is 25.7 Å². The lowest BCUT2D eigenvalue weighted by molar-refractivity contribution is -0.120. The summed E-state index contributed by atoms with van der Waals surface area (Å²) >= 11 is 0. The van der Waals surface area contributed by atoms with Crippen LogP contribution in [0, 0.1) is 5.92 Å². The van der Waals surface area contributed by atoms with E-state index in [-0.39, 0.29) is 11.8 Å². The first-order valence-corrected chi connectivity index (χ1v) is 9.76. The highest BCUT2D eigenvalue weighted by Crippen LogP contribution is 2.27. The van der Waals surface area contributed by atoms with E-state index in [2.05, 4.69) is 43.4 Å². The highest BCUT2D eigenvalue weighted by atomic mass is 16.2. The molecule has 0 fully saturated rings. The summed E-state index contributed by atoms with van der Waals surface area (Å²) in [6.45, 7) is 9.21. The molecule has 1 atom stereocenters. The van der Waals surface area contributed by atoms with Crippen LogP contribution in [0.2, 0.25) is 0 Å². The van der Waals surface area contributed by atoms with E-state index in [0.717, 1.165) is 23.5 Å². The number of benzene rings is 1. The predicted octanol–water partition coefficient (Wildman–Crippen LogP) is 3.37. The molecule has 0 radical (unpaired) electrons. The molecule has 28 heavy (non-hydrogen) atoms. The van der Waals surface area contributed by atoms with E-state index in [1.54, 1.807) is 18.1 Å². The van der Waals surface area contributed by atoms with E-state index >= 15 is 0 Å². The Morgan fingerprint density at radius 1 is 1.25 bits per heavy atom. The molecule has 1 aliphatic heterocycles. The van der Waals surface area contributed by atoms with Crippen LogP contribution in [0.1, 0.15) is 44.9 Å². The molecule has 7 nitrogen and oxygen atoms in total. The van der Waals surface area contributed by atoms with E-state index in [4.69, 9.17) is 0 Å². The Balaban J connectivity index is 1.73. The Morgan fingerprint density at radius 2 is 1.96 bits per heavy atom. The number of carbonyl (C=O) groups is 2. The molecule has 3 rings (SSSR count). The number of amides is 3. The van der Waals surface area contributed by atoms with Gasteiger partial charge < -0.3 is 15.5 Å². The maximum absolute atomic E-state index is 12.6. The van der Waals surface area contributed by atoms with Gasteiger partial charge in [-0.05, 0) is 23.5 Å². The normalized spacial score (nSPS) is 16.5. The van der Waals surface area contributed by atoms with Crippen molar-refractivity contribution in [2.75, 3.05) is 17.3 Å². The Bertz CT molecular complexity index is 871. The van der Waals surface area contributed by atoms with Gasteiger partial charge in [-0.1, -0.05) is 45.9 Å². The number of fused-ring (bicyclic) bond motifs is 1. The molecular formula is C21H29N5O2. The zero-order valence-electron chi connectivity index (χ0n) is 17.2. The van der Waals surface area contributed by atoms with Crippen LogP contribution in [-0.4, -0.2) is 34.8 Å². The summed E-state index contributed by atoms with van der Waals surface area (Å²) in [6, 6.07) is 6.77. The number of nitrogens with zero attached hydrogens (tertiary/aromatic N) is 3. The zero-order chi connectivity index (χ0) is 20.4. The van der Waals surface area contributed by atoms with Crippen LogP contribution in [0.3, 0.4) is 0 Å². The second-order valence-corrected chi connectivity index (χ2v) is 8.06. The Morgan fingerprint density at radius 3 is 2.64 bits per heavy atom. The van der Waals surface area contributed by atoms with Gasteiger partial charge in [0.2, 0.25) is 5.91 Å². The summed E-state index contributed by atoms with van der Waals surface area (Å²) in [7, 11) is 1.74. The number of aromatic nitrogens is 2. The quantitative estimate of drug-likeness (QED) is 0.831. The molecule has 0 saturated carbocycles. The average molecular weight is 383 g/mol. The molecule has 1 unspecified atom stereocenters. The van der Waals surface area contributed by atoms with Crippen molar-refractivity contribution in [3.05, 3.63) is 41.7 Å². The van der Waals surface area contributed by atoms with Crippen LogP contribution in [-0.2, 0) is 17.8 Å². The summed E-state index contributed by atoms with van der Waals surface area (Å²) in [6.07, 6.45) is 2.16. The molecule has 2 N–H and O–H groups in total. The molecule has 0 bridgehead atoms. The number of rotatable bonds is 5. The molecule has 0 saturated heterocycles. The third-order valence-electron chi connectivity index (χ3n) is 4.92. The molecule has 0 spiro atoms. The van der Waals surface area contributed by atoms with Gasteiger partial charge in [-0.25, -0.2) is 4.79 Å². The largest absolute Gasteiger partial charge is 0.326 e. The number of hydrogen-bond donors (Lipinski definition) is 2. The van der Waals surface area contributed by atoms with E-state index in [1.165, 1.54) is 0 Å². The lowest BCUT2D eigenvalue weighted by Gasteiger charge is -2.31. The molecule has 3 amide bonds. The summed E-state index contributed by atoms with van der Waals surface area (Å²) < 4.78 is 1.95. The summed E-state index contributed by atoms with van der Waals surface area (Å²) in [5, 5.41) is 10.1. The van der Waals surface area contributed by atoms with Crippen molar-refractivity contribution in [2.45, 2.75) is 52.6 Å². The van der Waals surface area contributed by atoms with Crippen molar-refractivity contribution < 1.29 is 9.59 Å². The van der Waals surface area contributed by atoms with Crippen LogP contribution in [0.15, 0.2) is 30.5 Å². The van der Waals surface area contributed by atoms with Crippen molar-refractivity contribution in [3.8, 4) is 0 Å². The molecule has 1 aromatic heterocycles. The average Bonchev–Trinajstić information content (AvgIpc) is 3.01. The number of urea groups is 1. The van der Waals surface area contributed by atoms with Crippen molar-refractivity contribution in [3.63, 3.8) is 0 Å². The molecule has 7 heteroatoms. The monoisotopic (exact) mass is 383 g/mol. The van der Waals surface area contributed by atoms with Crippen LogP contribution in [0.5, 0.6) is 0 Å². The minimum absolute atomic E-state index is 0.117. The van der Waals surface area contributed by atoms with E-state index < -0.39 is 12.1 Å². The standard InChI is InChI=1S/C21H29N5O2/c1-13(2)12-26-19(14(3)4)17(11-22-26)24-21(28)23-16-10-15-8-6-7-9-18(15)25(5)20(16)27/h6-9,11,13-14,16H,10,12H2,1-5H3,(H2,23,24,28). The van der Waals surface area contributed by atoms with Crippen molar-refractivity contribution in [2.24, 2.45) is 5.92 Å². The van der Waals surface area contributed by atoms with Gasteiger partial charge in [0.25, 0.3) is 0 Å². The summed E-state index contributed by atoms with van der Waals surface area (Å²) in [5.41, 5.74) is 3.61. The molecule has 2 aromatic rings. The molecule has 1 aliphatic rings. The minimum Gasteiger partial charge on any atom is -0.326 e. The SMILES string of the molecule is CC(C)Cn1ncc(NC(=O)NC2Cc3ccccc3N(C)C2=O)c1C(C)C. The lowest BCUT2D eigenvalue weighted by atomic mass is 9.98. The summed E-state index contributed by atoms with van der Waals surface area (Å²) in [5.74, 6) is 0.550. The van der Waals surface area contributed by atoms with Crippen molar-refractivity contribution in [1.29, 1.82) is 0 Å². The zero-order valence-corrected chi connectivity index (χ0v) is 17.2. The number of para-hydroxylation sites is 1. The smallest absolute Gasteiger partial charge is 0.319 e. The highest BCUT2D eigenvalue weighted by Gasteiger charge is 2.31. The number of likely N-dealkylation sites (N-methyl/N-ethyl adjacent to an activating group) is 1. The van der Waals surface area contributed by atoms with Gasteiger partial charge >= 0.3 is 6.03 Å². The fraction of sp³-hybridized carbons (Fsp3) is 0.476. The summed E-state index contributed by atoms with van der Waals surface area (Å²) in [4.78, 5) is 26.9. The maximum atomic E-state index is 12.6. The van der Waals surface area contributed by atoms with Crippen molar-refractivity contribution in [1.82, 2.24) is 15.1 Å². The van der Waals surface area contributed by atoms with Gasteiger partial charge in [-0.3, -0.25) is 9.48 Å². The van der Waals surface area contributed by atoms with E-state index in [1.807, 2.05) is 28.9 Å². The molecule has 0 aliphatic carbocycles. The third-order valence-corrected chi connectivity index (χ3v) is 4.92. The van der Waals surface area contributed by atoms with Gasteiger partial charge in [0.1, 0.15) is 6.04 Å². The van der Waals surface area contributed by atoms with Crippen LogP contribution >= 0.6 is 0 Å². The first-order chi connectivity index (χ1) is 13.3. The molecule has 1 aromatic carbocycles. The first-order valence-electron chi connectivity index (χ1n) is 9.76. The van der Waals surface area contributed by atoms with Gasteiger partial charge in [0.05, 0.1) is 17.6 Å². The van der Waals surface area contributed by atoms with Crippen LogP contribution < -0.4 is 15.5 Å². The number of anilines is 2. The van der Waals surface area contributed by atoms with E-state index in [0.29, 0.717) is 18.0 Å². The fourth-order valence-corrected chi connectivity index (χ4v) is 3.69. The van der Waals surface area contributed by atoms with Gasteiger partial charge in [-0.2, -0.15) is 5.10 Å².